The van der Waals surface area contributed by atoms with Crippen molar-refractivity contribution in [2.75, 3.05) is 89.7 Å². The second kappa shape index (κ2) is 24.9. The number of hydrogen-bond acceptors (Lipinski definition) is 10. The molecule has 2 aromatic carbocycles. The molecule has 0 atom stereocenters. The topological polar surface area (TPSA) is 156 Å². The second-order valence-corrected chi connectivity index (χ2v) is 14.8. The molecule has 0 spiro atoms. The number of ether oxygens (including phenoxy) is 2. The molecule has 13 heteroatoms. The molecule has 1 fully saturated rings. The van der Waals surface area contributed by atoms with Gasteiger partial charge in [0.25, 0.3) is 5.91 Å². The summed E-state index contributed by atoms with van der Waals surface area (Å²) in [6.07, 6.45) is 14.0. The zero-order valence-corrected chi connectivity index (χ0v) is 34.2. The molecule has 1 aliphatic carbocycles. The first-order valence-corrected chi connectivity index (χ1v) is 20.6. The van der Waals surface area contributed by atoms with Gasteiger partial charge < -0.3 is 40.1 Å². The third-order valence-corrected chi connectivity index (χ3v) is 10.2. The minimum Gasteiger partial charge on any atom is -0.395 e. The van der Waals surface area contributed by atoms with Gasteiger partial charge >= 0.3 is 0 Å². The predicted octanol–water partition coefficient (Wildman–Crippen LogP) is 4.63. The first-order valence-electron chi connectivity index (χ1n) is 20.6. The lowest BCUT2D eigenvalue weighted by Gasteiger charge is -2.29. The fraction of sp³-hybridized carbons (Fsp3) is 0.545. The number of aliphatic hydroxyl groups excluding tert-OH is 2. The van der Waals surface area contributed by atoms with E-state index in [1.165, 1.54) is 30.6 Å². The first-order chi connectivity index (χ1) is 27.7. The smallest absolute Gasteiger partial charge is 0.278 e. The molecule has 2 aromatic rings. The summed E-state index contributed by atoms with van der Waals surface area (Å²) in [5.41, 5.74) is 3.80. The van der Waals surface area contributed by atoms with E-state index in [0.29, 0.717) is 71.0 Å². The zero-order chi connectivity index (χ0) is 40.8. The van der Waals surface area contributed by atoms with Crippen molar-refractivity contribution < 1.29 is 34.1 Å². The normalized spacial score (nSPS) is 17.6. The van der Waals surface area contributed by atoms with Crippen LogP contribution < -0.4 is 20.4 Å². The summed E-state index contributed by atoms with van der Waals surface area (Å²) in [4.78, 5) is 49.9. The molecular weight excluding hydrogens is 725 g/mol. The van der Waals surface area contributed by atoms with E-state index < -0.39 is 0 Å². The number of aliphatic hydroxyl groups is 2. The van der Waals surface area contributed by atoms with Crippen molar-refractivity contribution in [1.82, 2.24) is 15.5 Å². The fourth-order valence-corrected chi connectivity index (χ4v) is 6.89. The zero-order valence-electron chi connectivity index (χ0n) is 34.2. The summed E-state index contributed by atoms with van der Waals surface area (Å²) < 4.78 is 11.2. The third kappa shape index (κ3) is 15.4. The summed E-state index contributed by atoms with van der Waals surface area (Å²) in [7, 11) is 3.92. The van der Waals surface area contributed by atoms with Gasteiger partial charge in [-0.1, -0.05) is 62.9 Å². The first kappa shape index (κ1) is 45.1. The molecule has 1 heterocycles. The molecule has 0 aromatic heterocycles. The molecule has 1 aliphatic heterocycles. The van der Waals surface area contributed by atoms with Crippen molar-refractivity contribution >= 4 is 47.1 Å². The molecular formula is C44H64N6O7. The molecule has 312 valence electrons. The van der Waals surface area contributed by atoms with Crippen LogP contribution in [0.15, 0.2) is 65.3 Å². The van der Waals surface area contributed by atoms with E-state index >= 15 is 0 Å². The van der Waals surface area contributed by atoms with E-state index in [1.807, 2.05) is 78.5 Å². The lowest BCUT2D eigenvalue weighted by Crippen LogP contribution is -2.46. The molecule has 0 bridgehead atoms. The SMILES string of the molecule is CCCCCCCOCCOCCNC(=O)C1CCC(NC(=O)CN2C(=O)/C(=C/c3ccc(N(C)C)cc3)N=C2/C=C/c2ccc(N(CCO)CCO)cc2)CC1. The summed E-state index contributed by atoms with van der Waals surface area (Å²) >= 11 is 0. The molecule has 4 rings (SSSR count). The maximum absolute atomic E-state index is 13.7. The van der Waals surface area contributed by atoms with Crippen LogP contribution in [0.1, 0.15) is 75.8 Å². The number of nitrogens with one attached hydrogen (secondary N) is 2. The number of rotatable bonds is 25. The number of amides is 3. The molecule has 13 nitrogen and oxygen atoms in total. The maximum Gasteiger partial charge on any atom is 0.278 e. The average Bonchev–Trinajstić information content (AvgIpc) is 3.50. The number of carbonyl (C=O) groups is 3. The number of hydrogen-bond donors (Lipinski definition) is 4. The highest BCUT2D eigenvalue weighted by Gasteiger charge is 2.32. The van der Waals surface area contributed by atoms with Crippen molar-refractivity contribution in [2.45, 2.75) is 70.8 Å². The fourth-order valence-electron chi connectivity index (χ4n) is 6.89. The van der Waals surface area contributed by atoms with E-state index in [0.717, 1.165) is 35.5 Å². The van der Waals surface area contributed by atoms with Crippen LogP contribution in [0, 0.1) is 5.92 Å². The van der Waals surface area contributed by atoms with Crippen LogP contribution in [0.5, 0.6) is 0 Å². The van der Waals surface area contributed by atoms with Gasteiger partial charge in [-0.2, -0.15) is 0 Å². The van der Waals surface area contributed by atoms with Gasteiger partial charge in [0.05, 0.1) is 33.0 Å². The predicted molar refractivity (Wildman–Crippen MR) is 227 cm³/mol. The summed E-state index contributed by atoms with van der Waals surface area (Å²) in [5, 5.41) is 24.9. The Morgan fingerprint density at radius 3 is 2.11 bits per heavy atom. The van der Waals surface area contributed by atoms with Crippen LogP contribution in [0.3, 0.4) is 0 Å². The van der Waals surface area contributed by atoms with Gasteiger partial charge in [-0.25, -0.2) is 4.99 Å². The lowest BCUT2D eigenvalue weighted by atomic mass is 9.85. The summed E-state index contributed by atoms with van der Waals surface area (Å²) in [6.45, 7) is 5.49. The highest BCUT2D eigenvalue weighted by Crippen LogP contribution is 2.25. The van der Waals surface area contributed by atoms with Gasteiger partial charge in [-0.3, -0.25) is 19.3 Å². The molecule has 0 radical (unpaired) electrons. The number of anilines is 2. The van der Waals surface area contributed by atoms with Gasteiger partial charge in [-0.15, -0.1) is 0 Å². The van der Waals surface area contributed by atoms with Crippen molar-refractivity contribution in [1.29, 1.82) is 0 Å². The molecule has 4 N–H and O–H groups in total. The Labute approximate surface area is 338 Å². The van der Waals surface area contributed by atoms with Crippen molar-refractivity contribution in [3.05, 3.63) is 71.4 Å². The van der Waals surface area contributed by atoms with E-state index in [1.54, 1.807) is 12.2 Å². The number of carbonyl (C=O) groups excluding carboxylic acids is 3. The second-order valence-electron chi connectivity index (χ2n) is 14.8. The Balaban J connectivity index is 1.28. The number of aliphatic imine (C=N–C) groups is 1. The molecule has 0 saturated heterocycles. The van der Waals surface area contributed by atoms with Crippen molar-refractivity contribution in [2.24, 2.45) is 10.9 Å². The molecule has 1 saturated carbocycles. The third-order valence-electron chi connectivity index (χ3n) is 10.2. The van der Waals surface area contributed by atoms with Gasteiger partial charge in [-0.05, 0) is 79.6 Å². The summed E-state index contributed by atoms with van der Waals surface area (Å²) in [5.74, 6) is -0.398. The Hall–Kier alpha value is -4.56. The molecule has 2 aliphatic rings. The highest BCUT2D eigenvalue weighted by atomic mass is 16.5. The standard InChI is InChI=1S/C44H64N6O7/c1-4-5-6-7-8-28-56-30-31-57-29-23-45-43(54)36-14-16-37(17-15-36)46-42(53)33-50-41(22-13-34-9-20-39(21-10-34)49(24-26-51)25-27-52)47-40(44(50)55)32-35-11-18-38(19-12-35)48(2)3/h9-13,18-22,32,36-37,51-52H,4-8,14-17,23-31,33H2,1-3H3,(H,45,54)(H,46,53)/b22-13+,40-32-. The monoisotopic (exact) mass is 788 g/mol. The van der Waals surface area contributed by atoms with E-state index in [4.69, 9.17) is 9.47 Å². The molecule has 57 heavy (non-hydrogen) atoms. The van der Waals surface area contributed by atoms with E-state index in [-0.39, 0.29) is 55.1 Å². The number of benzene rings is 2. The average molecular weight is 789 g/mol. The Kier molecular flexibility index (Phi) is 19.8. The van der Waals surface area contributed by atoms with Gasteiger partial charge in [0, 0.05) is 63.7 Å². The van der Waals surface area contributed by atoms with Crippen LogP contribution in [-0.2, 0) is 23.9 Å². The number of amidine groups is 1. The van der Waals surface area contributed by atoms with Crippen LogP contribution in [0.4, 0.5) is 11.4 Å². The van der Waals surface area contributed by atoms with Gasteiger partial charge in [0.15, 0.2) is 0 Å². The van der Waals surface area contributed by atoms with Crippen LogP contribution in [0.25, 0.3) is 12.2 Å². The van der Waals surface area contributed by atoms with E-state index in [9.17, 15) is 24.6 Å². The highest BCUT2D eigenvalue weighted by molar-refractivity contribution is 6.19. The maximum atomic E-state index is 13.7. The number of unbranched alkanes of at least 4 members (excludes halogenated alkanes) is 4. The van der Waals surface area contributed by atoms with Crippen LogP contribution >= 0.6 is 0 Å². The minimum absolute atomic E-state index is 0.0139. The Bertz CT molecular complexity index is 1610. The quantitative estimate of drug-likeness (QED) is 0.0833. The van der Waals surface area contributed by atoms with Crippen LogP contribution in [-0.4, -0.2) is 125 Å². The van der Waals surface area contributed by atoms with Gasteiger partial charge in [0.2, 0.25) is 11.8 Å². The van der Waals surface area contributed by atoms with Gasteiger partial charge in [0.1, 0.15) is 18.1 Å². The lowest BCUT2D eigenvalue weighted by molar-refractivity contribution is -0.129. The minimum atomic E-state index is -0.366. The summed E-state index contributed by atoms with van der Waals surface area (Å²) in [6, 6.07) is 15.3. The Morgan fingerprint density at radius 2 is 1.46 bits per heavy atom. The van der Waals surface area contributed by atoms with Crippen molar-refractivity contribution in [3.8, 4) is 0 Å². The molecule has 3 amide bonds. The molecule has 0 unspecified atom stereocenters. The van der Waals surface area contributed by atoms with E-state index in [2.05, 4.69) is 22.5 Å². The Morgan fingerprint density at radius 1 is 0.825 bits per heavy atom. The van der Waals surface area contributed by atoms with Crippen LogP contribution in [0.2, 0.25) is 0 Å². The van der Waals surface area contributed by atoms with Crippen molar-refractivity contribution in [3.63, 3.8) is 0 Å². The largest absolute Gasteiger partial charge is 0.395 e. The number of nitrogens with zero attached hydrogens (tertiary/aromatic N) is 4.